The molecule has 0 unspecified atom stereocenters. The average molecular weight is 360 g/mol. The topological polar surface area (TPSA) is 17.1 Å². The first-order valence-corrected chi connectivity index (χ1v) is 9.58. The van der Waals surface area contributed by atoms with Gasteiger partial charge in [-0.05, 0) is 36.1 Å². The van der Waals surface area contributed by atoms with Gasteiger partial charge in [0.05, 0.1) is 0 Å². The van der Waals surface area contributed by atoms with Crippen LogP contribution in [0.4, 0.5) is 0 Å². The predicted octanol–water partition coefficient (Wildman–Crippen LogP) is 6.85. The lowest BCUT2D eigenvalue weighted by Gasteiger charge is -2.14. The lowest BCUT2D eigenvalue weighted by atomic mass is 9.89. The number of carbonyl (C=O) groups excluding carboxylic acids is 1. The van der Waals surface area contributed by atoms with Gasteiger partial charge in [0, 0.05) is 22.3 Å². The van der Waals surface area contributed by atoms with Gasteiger partial charge >= 0.3 is 0 Å². The molecule has 0 heterocycles. The Hall–Kier alpha value is -3.45. The molecule has 0 saturated carbocycles. The molecule has 134 valence electrons. The number of ketones is 1. The van der Waals surface area contributed by atoms with Gasteiger partial charge < -0.3 is 0 Å². The van der Waals surface area contributed by atoms with E-state index in [1.54, 1.807) is 0 Å². The van der Waals surface area contributed by atoms with Gasteiger partial charge in [0.1, 0.15) is 0 Å². The summed E-state index contributed by atoms with van der Waals surface area (Å²) < 4.78 is 0. The highest BCUT2D eigenvalue weighted by molar-refractivity contribution is 6.25. The van der Waals surface area contributed by atoms with Crippen molar-refractivity contribution in [3.8, 4) is 33.4 Å². The van der Waals surface area contributed by atoms with Crippen molar-refractivity contribution in [2.24, 2.45) is 0 Å². The molecule has 1 aliphatic carbocycles. The number of rotatable bonds is 2. The van der Waals surface area contributed by atoms with Crippen molar-refractivity contribution >= 4 is 5.78 Å². The highest BCUT2D eigenvalue weighted by Crippen LogP contribution is 2.47. The standard InChI is InChI=1S/C27H20O/c1-17-9-13-19(14-10-17)21-5-3-7-23-25(21)26-22(6-4-8-24(26)27(23)28)20-15-11-18(2)12-16-20/h3-16H,1-2H3. The number of hydrogen-bond donors (Lipinski definition) is 0. The Labute approximate surface area is 165 Å². The molecule has 5 rings (SSSR count). The predicted molar refractivity (Wildman–Crippen MR) is 116 cm³/mol. The van der Waals surface area contributed by atoms with E-state index in [1.807, 2.05) is 24.3 Å². The summed E-state index contributed by atoms with van der Waals surface area (Å²) in [7, 11) is 0. The Morgan fingerprint density at radius 3 is 1.21 bits per heavy atom. The molecule has 0 bridgehead atoms. The monoisotopic (exact) mass is 360 g/mol. The first-order chi connectivity index (χ1) is 13.6. The molecule has 0 N–H and O–H groups in total. The quantitative estimate of drug-likeness (QED) is 0.336. The van der Waals surface area contributed by atoms with Gasteiger partial charge in [-0.1, -0.05) is 96.1 Å². The van der Waals surface area contributed by atoms with Crippen molar-refractivity contribution in [1.29, 1.82) is 0 Å². The second kappa shape index (κ2) is 6.31. The second-order valence-electron chi connectivity index (χ2n) is 7.52. The van der Waals surface area contributed by atoms with E-state index in [2.05, 4.69) is 74.5 Å². The molecule has 0 spiro atoms. The van der Waals surface area contributed by atoms with Crippen LogP contribution in [0.2, 0.25) is 0 Å². The van der Waals surface area contributed by atoms with Crippen LogP contribution in [-0.4, -0.2) is 5.78 Å². The number of carbonyl (C=O) groups is 1. The summed E-state index contributed by atoms with van der Waals surface area (Å²) in [6.45, 7) is 4.18. The van der Waals surface area contributed by atoms with Crippen LogP contribution in [0.3, 0.4) is 0 Å². The van der Waals surface area contributed by atoms with E-state index in [0.29, 0.717) is 0 Å². The van der Waals surface area contributed by atoms with Crippen LogP contribution in [0.5, 0.6) is 0 Å². The summed E-state index contributed by atoms with van der Waals surface area (Å²) in [5, 5.41) is 0. The normalized spacial score (nSPS) is 12.0. The van der Waals surface area contributed by atoms with Gasteiger partial charge in [-0.3, -0.25) is 4.79 Å². The van der Waals surface area contributed by atoms with Crippen LogP contribution in [0.15, 0.2) is 84.9 Å². The summed E-state index contributed by atoms with van der Waals surface area (Å²) in [6, 6.07) is 29.2. The molecule has 28 heavy (non-hydrogen) atoms. The summed E-state index contributed by atoms with van der Waals surface area (Å²) in [5.41, 5.74) is 10.7. The van der Waals surface area contributed by atoms with Gasteiger partial charge in [-0.25, -0.2) is 0 Å². The number of aryl methyl sites for hydroxylation is 2. The van der Waals surface area contributed by atoms with E-state index in [-0.39, 0.29) is 5.78 Å². The van der Waals surface area contributed by atoms with E-state index < -0.39 is 0 Å². The minimum Gasteiger partial charge on any atom is -0.289 e. The van der Waals surface area contributed by atoms with Crippen molar-refractivity contribution in [2.45, 2.75) is 13.8 Å². The SMILES string of the molecule is Cc1ccc(-c2cccc3c2-c2c(cccc2-c2ccc(C)cc2)C3=O)cc1. The molecule has 1 nitrogen and oxygen atoms in total. The summed E-state index contributed by atoms with van der Waals surface area (Å²) in [5.74, 6) is 0.118. The van der Waals surface area contributed by atoms with Crippen molar-refractivity contribution in [2.75, 3.05) is 0 Å². The highest BCUT2D eigenvalue weighted by atomic mass is 16.1. The molecular weight excluding hydrogens is 340 g/mol. The minimum atomic E-state index is 0.118. The molecule has 4 aromatic rings. The van der Waals surface area contributed by atoms with Gasteiger partial charge in [0.2, 0.25) is 0 Å². The maximum Gasteiger partial charge on any atom is 0.194 e. The van der Waals surface area contributed by atoms with Gasteiger partial charge in [-0.15, -0.1) is 0 Å². The fraction of sp³-hybridized carbons (Fsp3) is 0.0741. The zero-order valence-corrected chi connectivity index (χ0v) is 16.0. The van der Waals surface area contributed by atoms with E-state index in [4.69, 9.17) is 0 Å². The molecule has 4 aromatic carbocycles. The van der Waals surface area contributed by atoms with Gasteiger partial charge in [0.15, 0.2) is 5.78 Å². The lowest BCUT2D eigenvalue weighted by molar-refractivity contribution is 0.104. The number of benzene rings is 4. The second-order valence-corrected chi connectivity index (χ2v) is 7.52. The van der Waals surface area contributed by atoms with Crippen molar-refractivity contribution in [3.63, 3.8) is 0 Å². The van der Waals surface area contributed by atoms with Crippen molar-refractivity contribution in [1.82, 2.24) is 0 Å². The Morgan fingerprint density at radius 2 is 0.821 bits per heavy atom. The minimum absolute atomic E-state index is 0.118. The zero-order chi connectivity index (χ0) is 19.3. The van der Waals surface area contributed by atoms with E-state index >= 15 is 0 Å². The smallest absolute Gasteiger partial charge is 0.194 e. The molecule has 0 atom stereocenters. The third-order valence-electron chi connectivity index (χ3n) is 5.59. The molecule has 0 radical (unpaired) electrons. The third kappa shape index (κ3) is 2.51. The molecule has 1 aliphatic rings. The average Bonchev–Trinajstić information content (AvgIpc) is 3.02. The molecule has 1 heteroatoms. The lowest BCUT2D eigenvalue weighted by Crippen LogP contribution is -1.94. The van der Waals surface area contributed by atoms with E-state index in [9.17, 15) is 4.79 Å². The molecular formula is C27H20O. The molecule has 0 aromatic heterocycles. The van der Waals surface area contributed by atoms with Crippen molar-refractivity contribution in [3.05, 3.63) is 107 Å². The van der Waals surface area contributed by atoms with Crippen LogP contribution < -0.4 is 0 Å². The van der Waals surface area contributed by atoms with Crippen molar-refractivity contribution < 1.29 is 4.79 Å². The van der Waals surface area contributed by atoms with Gasteiger partial charge in [-0.2, -0.15) is 0 Å². The Kier molecular flexibility index (Phi) is 3.77. The summed E-state index contributed by atoms with van der Waals surface area (Å²) >= 11 is 0. The summed E-state index contributed by atoms with van der Waals surface area (Å²) in [6.07, 6.45) is 0. The first-order valence-electron chi connectivity index (χ1n) is 9.58. The first kappa shape index (κ1) is 16.7. The molecule has 0 amide bonds. The Morgan fingerprint density at radius 1 is 0.464 bits per heavy atom. The molecule has 0 fully saturated rings. The van der Waals surface area contributed by atoms with Crippen LogP contribution in [-0.2, 0) is 0 Å². The Balaban J connectivity index is 1.81. The molecule has 0 saturated heterocycles. The largest absolute Gasteiger partial charge is 0.289 e. The van der Waals surface area contributed by atoms with Crippen LogP contribution >= 0.6 is 0 Å². The highest BCUT2D eigenvalue weighted by Gasteiger charge is 2.31. The van der Waals surface area contributed by atoms with Gasteiger partial charge in [0.25, 0.3) is 0 Å². The van der Waals surface area contributed by atoms with E-state index in [0.717, 1.165) is 44.5 Å². The summed E-state index contributed by atoms with van der Waals surface area (Å²) in [4.78, 5) is 13.2. The van der Waals surface area contributed by atoms with Crippen LogP contribution in [0.25, 0.3) is 33.4 Å². The third-order valence-corrected chi connectivity index (χ3v) is 5.59. The molecule has 0 aliphatic heterocycles. The fourth-order valence-corrected chi connectivity index (χ4v) is 4.11. The number of fused-ring (bicyclic) bond motifs is 3. The zero-order valence-electron chi connectivity index (χ0n) is 16.0. The fourth-order valence-electron chi connectivity index (χ4n) is 4.11. The Bertz CT molecular complexity index is 1120. The maximum absolute atomic E-state index is 13.2. The number of hydrogen-bond acceptors (Lipinski definition) is 1. The van der Waals surface area contributed by atoms with Crippen LogP contribution in [0, 0.1) is 13.8 Å². The van der Waals surface area contributed by atoms with Crippen LogP contribution in [0.1, 0.15) is 27.0 Å². The maximum atomic E-state index is 13.2. The van der Waals surface area contributed by atoms with E-state index in [1.165, 1.54) is 11.1 Å².